The molecular weight excluding hydrogens is 172 g/mol. The van der Waals surface area contributed by atoms with Gasteiger partial charge in [-0.3, -0.25) is 0 Å². The molecule has 2 nitrogen and oxygen atoms in total. The summed E-state index contributed by atoms with van der Waals surface area (Å²) in [6.07, 6.45) is 2.50. The Balaban J connectivity index is 3.51. The summed E-state index contributed by atoms with van der Waals surface area (Å²) in [5.41, 5.74) is 0. The first kappa shape index (κ1) is 13.9. The minimum atomic E-state index is 0.771. The summed E-state index contributed by atoms with van der Waals surface area (Å²) in [6, 6.07) is 0. The standard InChI is InChI=1S/C12H28N2/c1-5-8-13-10-12(4)11-14(7-3)9-6-2/h12-13H,5-11H2,1-4H3. The molecule has 2 heteroatoms. The topological polar surface area (TPSA) is 15.3 Å². The van der Waals surface area contributed by atoms with E-state index in [4.69, 9.17) is 0 Å². The van der Waals surface area contributed by atoms with Crippen LogP contribution in [0.1, 0.15) is 40.5 Å². The molecule has 86 valence electrons. The summed E-state index contributed by atoms with van der Waals surface area (Å²) in [5.74, 6) is 0.771. The number of rotatable bonds is 9. The van der Waals surface area contributed by atoms with Gasteiger partial charge in [-0.1, -0.05) is 27.7 Å². The molecule has 0 heterocycles. The van der Waals surface area contributed by atoms with Gasteiger partial charge < -0.3 is 10.2 Å². The van der Waals surface area contributed by atoms with Crippen LogP contribution < -0.4 is 5.32 Å². The van der Waals surface area contributed by atoms with Gasteiger partial charge in [0, 0.05) is 6.54 Å². The zero-order valence-corrected chi connectivity index (χ0v) is 10.5. The van der Waals surface area contributed by atoms with Crippen LogP contribution in [0.25, 0.3) is 0 Å². The van der Waals surface area contributed by atoms with Gasteiger partial charge in [-0.05, 0) is 44.9 Å². The summed E-state index contributed by atoms with van der Waals surface area (Å²) in [7, 11) is 0. The molecule has 1 unspecified atom stereocenters. The van der Waals surface area contributed by atoms with Crippen molar-refractivity contribution in [3.63, 3.8) is 0 Å². The van der Waals surface area contributed by atoms with Crippen LogP contribution in [0.15, 0.2) is 0 Å². The highest BCUT2D eigenvalue weighted by Crippen LogP contribution is 1.99. The molecule has 0 fully saturated rings. The number of hydrogen-bond donors (Lipinski definition) is 1. The predicted octanol–water partition coefficient (Wildman–Crippen LogP) is 2.35. The molecule has 1 N–H and O–H groups in total. The maximum absolute atomic E-state index is 3.48. The lowest BCUT2D eigenvalue weighted by atomic mass is 10.1. The van der Waals surface area contributed by atoms with Crippen LogP contribution in [-0.2, 0) is 0 Å². The van der Waals surface area contributed by atoms with Crippen molar-refractivity contribution in [3.05, 3.63) is 0 Å². The molecule has 0 rings (SSSR count). The molecule has 0 spiro atoms. The average molecular weight is 200 g/mol. The van der Waals surface area contributed by atoms with Crippen LogP contribution in [0.5, 0.6) is 0 Å². The van der Waals surface area contributed by atoms with Crippen LogP contribution in [0.2, 0.25) is 0 Å². The van der Waals surface area contributed by atoms with Crippen molar-refractivity contribution < 1.29 is 0 Å². The van der Waals surface area contributed by atoms with E-state index < -0.39 is 0 Å². The molecule has 0 saturated carbocycles. The summed E-state index contributed by atoms with van der Waals surface area (Å²) < 4.78 is 0. The fraction of sp³-hybridized carbons (Fsp3) is 1.00. The van der Waals surface area contributed by atoms with Gasteiger partial charge >= 0.3 is 0 Å². The van der Waals surface area contributed by atoms with Gasteiger partial charge in [0.2, 0.25) is 0 Å². The number of hydrogen-bond acceptors (Lipinski definition) is 2. The second-order valence-electron chi connectivity index (χ2n) is 4.20. The Bertz CT molecular complexity index is 115. The second-order valence-corrected chi connectivity index (χ2v) is 4.20. The van der Waals surface area contributed by atoms with Gasteiger partial charge in [0.1, 0.15) is 0 Å². The number of nitrogens with one attached hydrogen (secondary N) is 1. The molecule has 0 aliphatic carbocycles. The van der Waals surface area contributed by atoms with E-state index in [1.54, 1.807) is 0 Å². The van der Waals surface area contributed by atoms with E-state index >= 15 is 0 Å². The molecule has 0 radical (unpaired) electrons. The molecule has 0 bridgehead atoms. The van der Waals surface area contributed by atoms with Crippen LogP contribution in [0.4, 0.5) is 0 Å². The predicted molar refractivity (Wildman–Crippen MR) is 64.7 cm³/mol. The summed E-state index contributed by atoms with van der Waals surface area (Å²) in [6.45, 7) is 15.0. The Labute approximate surface area is 90.1 Å². The molecule has 14 heavy (non-hydrogen) atoms. The van der Waals surface area contributed by atoms with Gasteiger partial charge in [0.25, 0.3) is 0 Å². The third-order valence-electron chi connectivity index (χ3n) is 2.48. The Morgan fingerprint density at radius 2 is 1.86 bits per heavy atom. The second kappa shape index (κ2) is 9.47. The third kappa shape index (κ3) is 7.34. The maximum atomic E-state index is 3.48. The fourth-order valence-corrected chi connectivity index (χ4v) is 1.73. The van der Waals surface area contributed by atoms with E-state index in [1.165, 1.54) is 32.5 Å². The molecular formula is C12H28N2. The quantitative estimate of drug-likeness (QED) is 0.575. The first-order valence-corrected chi connectivity index (χ1v) is 6.17. The molecule has 0 amide bonds. The lowest BCUT2D eigenvalue weighted by Crippen LogP contribution is -2.34. The zero-order valence-electron chi connectivity index (χ0n) is 10.5. The lowest BCUT2D eigenvalue weighted by Gasteiger charge is -2.23. The highest BCUT2D eigenvalue weighted by Gasteiger charge is 2.06. The van der Waals surface area contributed by atoms with Crippen molar-refractivity contribution >= 4 is 0 Å². The third-order valence-corrected chi connectivity index (χ3v) is 2.48. The first-order chi connectivity index (χ1) is 6.74. The first-order valence-electron chi connectivity index (χ1n) is 6.17. The van der Waals surface area contributed by atoms with E-state index in [9.17, 15) is 0 Å². The Kier molecular flexibility index (Phi) is 9.42. The van der Waals surface area contributed by atoms with E-state index in [-0.39, 0.29) is 0 Å². The Hall–Kier alpha value is -0.0800. The normalized spacial score (nSPS) is 13.5. The minimum absolute atomic E-state index is 0.771. The monoisotopic (exact) mass is 200 g/mol. The number of nitrogens with zero attached hydrogens (tertiary/aromatic N) is 1. The van der Waals surface area contributed by atoms with Crippen molar-refractivity contribution in [1.29, 1.82) is 0 Å². The van der Waals surface area contributed by atoms with Crippen LogP contribution in [-0.4, -0.2) is 37.6 Å². The van der Waals surface area contributed by atoms with Crippen molar-refractivity contribution in [2.75, 3.05) is 32.7 Å². The Morgan fingerprint density at radius 3 is 2.36 bits per heavy atom. The van der Waals surface area contributed by atoms with Gasteiger partial charge in [0.05, 0.1) is 0 Å². The highest BCUT2D eigenvalue weighted by molar-refractivity contribution is 4.63. The molecule has 0 saturated heterocycles. The van der Waals surface area contributed by atoms with Crippen molar-refractivity contribution in [2.24, 2.45) is 5.92 Å². The zero-order chi connectivity index (χ0) is 10.8. The lowest BCUT2D eigenvalue weighted by molar-refractivity contribution is 0.246. The highest BCUT2D eigenvalue weighted by atomic mass is 15.1. The summed E-state index contributed by atoms with van der Waals surface area (Å²) in [5, 5.41) is 3.48. The minimum Gasteiger partial charge on any atom is -0.316 e. The van der Waals surface area contributed by atoms with E-state index in [0.29, 0.717) is 0 Å². The van der Waals surface area contributed by atoms with Gasteiger partial charge in [-0.25, -0.2) is 0 Å². The maximum Gasteiger partial charge on any atom is 0.00190 e. The van der Waals surface area contributed by atoms with Crippen molar-refractivity contribution in [1.82, 2.24) is 10.2 Å². The molecule has 0 aromatic heterocycles. The molecule has 0 aliphatic heterocycles. The molecule has 0 aromatic carbocycles. The van der Waals surface area contributed by atoms with Gasteiger partial charge in [-0.2, -0.15) is 0 Å². The van der Waals surface area contributed by atoms with Crippen molar-refractivity contribution in [3.8, 4) is 0 Å². The summed E-state index contributed by atoms with van der Waals surface area (Å²) in [4.78, 5) is 2.54. The average Bonchev–Trinajstić information content (AvgIpc) is 2.17. The smallest absolute Gasteiger partial charge is 0.00190 e. The van der Waals surface area contributed by atoms with E-state index in [0.717, 1.165) is 19.0 Å². The largest absolute Gasteiger partial charge is 0.316 e. The van der Waals surface area contributed by atoms with Crippen molar-refractivity contribution in [2.45, 2.75) is 40.5 Å². The van der Waals surface area contributed by atoms with Gasteiger partial charge in [-0.15, -0.1) is 0 Å². The molecule has 0 aromatic rings. The Morgan fingerprint density at radius 1 is 1.14 bits per heavy atom. The molecule has 0 aliphatic rings. The molecule has 1 atom stereocenters. The SMILES string of the molecule is CCCNCC(C)CN(CC)CCC. The van der Waals surface area contributed by atoms with E-state index in [1.807, 2.05) is 0 Å². The van der Waals surface area contributed by atoms with Crippen LogP contribution in [0.3, 0.4) is 0 Å². The van der Waals surface area contributed by atoms with Crippen LogP contribution >= 0.6 is 0 Å². The summed E-state index contributed by atoms with van der Waals surface area (Å²) >= 11 is 0. The van der Waals surface area contributed by atoms with Crippen LogP contribution in [0, 0.1) is 5.92 Å². The van der Waals surface area contributed by atoms with Gasteiger partial charge in [0.15, 0.2) is 0 Å². The fourth-order valence-electron chi connectivity index (χ4n) is 1.73. The van der Waals surface area contributed by atoms with E-state index in [2.05, 4.69) is 37.9 Å².